The van der Waals surface area contributed by atoms with Crippen LogP contribution >= 0.6 is 0 Å². The molecule has 4 unspecified atom stereocenters. The summed E-state index contributed by atoms with van der Waals surface area (Å²) < 4.78 is 0. The lowest BCUT2D eigenvalue weighted by molar-refractivity contribution is -0.149. The molecule has 0 radical (unpaired) electrons. The van der Waals surface area contributed by atoms with Crippen molar-refractivity contribution < 1.29 is 19.5 Å². The summed E-state index contributed by atoms with van der Waals surface area (Å²) in [6, 6.07) is -0.975. The maximum atomic E-state index is 12.9. The summed E-state index contributed by atoms with van der Waals surface area (Å²) in [6.45, 7) is 2.90. The molecule has 2 aliphatic rings. The van der Waals surface area contributed by atoms with Gasteiger partial charge in [-0.25, -0.2) is 4.79 Å². The van der Waals surface area contributed by atoms with Gasteiger partial charge in [0.15, 0.2) is 0 Å². The van der Waals surface area contributed by atoms with E-state index >= 15 is 0 Å². The summed E-state index contributed by atoms with van der Waals surface area (Å²) in [7, 11) is 5.57. The number of aliphatic carboxylic acids is 1. The van der Waals surface area contributed by atoms with E-state index in [4.69, 9.17) is 0 Å². The maximum Gasteiger partial charge on any atom is 0.326 e. The number of rotatable bonds is 6. The number of nitrogens with zero attached hydrogens (tertiary/aromatic N) is 3. The molecule has 0 bridgehead atoms. The first-order chi connectivity index (χ1) is 11.2. The molecule has 1 amide bonds. The van der Waals surface area contributed by atoms with Gasteiger partial charge in [0.2, 0.25) is 5.91 Å². The number of carbonyl (C=O) groups excluding carboxylic acids is 2. The van der Waals surface area contributed by atoms with Crippen molar-refractivity contribution in [2.45, 2.75) is 43.9 Å². The quantitative estimate of drug-likeness (QED) is 0.631. The molecule has 24 heavy (non-hydrogen) atoms. The molecular formula is C16H28N4O4. The van der Waals surface area contributed by atoms with E-state index in [1.807, 2.05) is 23.9 Å². The molecule has 2 N–H and O–H groups in total. The minimum absolute atomic E-state index is 0.0292. The predicted molar refractivity (Wildman–Crippen MR) is 88.7 cm³/mol. The number of likely N-dealkylation sites (tertiary alicyclic amines) is 2. The van der Waals surface area contributed by atoms with Crippen LogP contribution in [0.15, 0.2) is 0 Å². The minimum Gasteiger partial charge on any atom is -0.480 e. The highest BCUT2D eigenvalue weighted by Crippen LogP contribution is 2.26. The summed E-state index contributed by atoms with van der Waals surface area (Å²) in [4.78, 5) is 41.2. The van der Waals surface area contributed by atoms with Gasteiger partial charge in [-0.1, -0.05) is 0 Å². The van der Waals surface area contributed by atoms with Crippen LogP contribution in [0.1, 0.15) is 19.8 Å². The van der Waals surface area contributed by atoms with E-state index in [-0.39, 0.29) is 36.4 Å². The number of nitrogens with one attached hydrogen (secondary N) is 1. The molecule has 2 rings (SSSR count). The van der Waals surface area contributed by atoms with Crippen LogP contribution in [0.4, 0.5) is 0 Å². The second kappa shape index (κ2) is 7.58. The Balaban J connectivity index is 2.10. The average molecular weight is 340 g/mol. The number of likely N-dealkylation sites (N-methyl/N-ethyl adjacent to an activating group) is 3. The van der Waals surface area contributed by atoms with Crippen LogP contribution in [-0.4, -0.2) is 102 Å². The third-order valence-corrected chi connectivity index (χ3v) is 5.18. The maximum absolute atomic E-state index is 12.9. The van der Waals surface area contributed by atoms with Crippen molar-refractivity contribution in [2.24, 2.45) is 0 Å². The molecule has 2 aliphatic heterocycles. The van der Waals surface area contributed by atoms with E-state index in [1.165, 1.54) is 11.8 Å². The van der Waals surface area contributed by atoms with Gasteiger partial charge in [-0.2, -0.15) is 0 Å². The first-order valence-electron chi connectivity index (χ1n) is 8.35. The van der Waals surface area contributed by atoms with Crippen LogP contribution in [0.5, 0.6) is 0 Å². The highest BCUT2D eigenvalue weighted by Gasteiger charge is 2.45. The molecule has 8 nitrogen and oxygen atoms in total. The molecule has 136 valence electrons. The lowest BCUT2D eigenvalue weighted by Crippen LogP contribution is -2.49. The van der Waals surface area contributed by atoms with Crippen molar-refractivity contribution >= 4 is 17.7 Å². The number of carbonyl (C=O) groups is 3. The Morgan fingerprint density at radius 1 is 1.21 bits per heavy atom. The van der Waals surface area contributed by atoms with Gasteiger partial charge in [-0.05, 0) is 40.9 Å². The van der Waals surface area contributed by atoms with E-state index in [0.29, 0.717) is 19.4 Å². The van der Waals surface area contributed by atoms with Crippen LogP contribution in [0.3, 0.4) is 0 Å². The van der Waals surface area contributed by atoms with E-state index in [2.05, 4.69) is 5.32 Å². The Labute approximate surface area is 142 Å². The lowest BCUT2D eigenvalue weighted by atomic mass is 10.1. The zero-order valence-corrected chi connectivity index (χ0v) is 14.9. The number of hydrogen-bond acceptors (Lipinski definition) is 6. The highest BCUT2D eigenvalue weighted by molar-refractivity contribution is 5.88. The van der Waals surface area contributed by atoms with Crippen molar-refractivity contribution in [3.8, 4) is 0 Å². The zero-order chi connectivity index (χ0) is 18.0. The van der Waals surface area contributed by atoms with Crippen LogP contribution in [0.25, 0.3) is 0 Å². The molecule has 0 saturated carbocycles. The molecule has 0 aromatic carbocycles. The fraction of sp³-hybridized carbons (Fsp3) is 0.812. The third-order valence-electron chi connectivity index (χ3n) is 5.18. The first-order valence-corrected chi connectivity index (χ1v) is 8.35. The van der Waals surface area contributed by atoms with Crippen LogP contribution in [0.2, 0.25) is 0 Å². The molecule has 2 saturated heterocycles. The van der Waals surface area contributed by atoms with Crippen LogP contribution in [0, 0.1) is 0 Å². The van der Waals surface area contributed by atoms with Crippen molar-refractivity contribution in [1.29, 1.82) is 0 Å². The smallest absolute Gasteiger partial charge is 0.326 e. The number of carboxylic acids is 1. The van der Waals surface area contributed by atoms with Gasteiger partial charge in [0.1, 0.15) is 11.8 Å². The van der Waals surface area contributed by atoms with Crippen molar-refractivity contribution in [2.75, 3.05) is 40.8 Å². The lowest BCUT2D eigenvalue weighted by Gasteiger charge is -2.28. The second-order valence-corrected chi connectivity index (χ2v) is 7.03. The van der Waals surface area contributed by atoms with E-state index < -0.39 is 12.0 Å². The van der Waals surface area contributed by atoms with Gasteiger partial charge in [0, 0.05) is 25.2 Å². The molecule has 0 aliphatic carbocycles. The Morgan fingerprint density at radius 2 is 1.88 bits per heavy atom. The first kappa shape index (κ1) is 18.8. The summed E-state index contributed by atoms with van der Waals surface area (Å²) in [6.07, 6.45) is 1.04. The van der Waals surface area contributed by atoms with Gasteiger partial charge in [0.05, 0.1) is 12.6 Å². The number of carboxylic acid groups (broad SMARTS) is 1. The number of ketones is 1. The Bertz CT molecular complexity index is 512. The highest BCUT2D eigenvalue weighted by atomic mass is 16.4. The van der Waals surface area contributed by atoms with Crippen LogP contribution in [-0.2, 0) is 14.4 Å². The van der Waals surface area contributed by atoms with E-state index in [1.54, 1.807) is 7.05 Å². The van der Waals surface area contributed by atoms with E-state index in [0.717, 1.165) is 6.54 Å². The third kappa shape index (κ3) is 3.93. The Hall–Kier alpha value is -1.51. The normalized spacial score (nSPS) is 31.0. The number of hydrogen-bond donors (Lipinski definition) is 2. The molecule has 4 atom stereocenters. The molecular weight excluding hydrogens is 312 g/mol. The summed E-state index contributed by atoms with van der Waals surface area (Å²) in [5, 5.41) is 12.7. The standard InChI is InChI=1S/C16H28N4O4/c1-10(21)7-18(3)12-6-14(16(23)24)20(9-12)15(22)13-5-11(17-2)8-19(13)4/h11-14,17H,5-9H2,1-4H3,(H,23,24). The molecule has 0 aromatic heterocycles. The van der Waals surface area contributed by atoms with Gasteiger partial charge < -0.3 is 15.3 Å². The Kier molecular flexibility index (Phi) is 5.95. The largest absolute Gasteiger partial charge is 0.480 e. The summed E-state index contributed by atoms with van der Waals surface area (Å²) in [5.74, 6) is -1.07. The second-order valence-electron chi connectivity index (χ2n) is 7.03. The molecule has 2 heterocycles. The Morgan fingerprint density at radius 3 is 2.38 bits per heavy atom. The van der Waals surface area contributed by atoms with Crippen molar-refractivity contribution in [1.82, 2.24) is 20.0 Å². The van der Waals surface area contributed by atoms with Gasteiger partial charge in [-0.15, -0.1) is 0 Å². The number of Topliss-reactive ketones (excluding diaryl/α,β-unsaturated/α-hetero) is 1. The topological polar surface area (TPSA) is 93.2 Å². The fourth-order valence-electron chi connectivity index (χ4n) is 3.78. The molecule has 8 heteroatoms. The van der Waals surface area contributed by atoms with Gasteiger partial charge >= 0.3 is 5.97 Å². The molecule has 0 spiro atoms. The molecule has 2 fully saturated rings. The minimum atomic E-state index is -0.979. The van der Waals surface area contributed by atoms with Crippen LogP contribution < -0.4 is 5.32 Å². The summed E-state index contributed by atoms with van der Waals surface area (Å²) in [5.41, 5.74) is 0. The fourth-order valence-corrected chi connectivity index (χ4v) is 3.78. The van der Waals surface area contributed by atoms with E-state index in [9.17, 15) is 19.5 Å². The number of amides is 1. The zero-order valence-electron chi connectivity index (χ0n) is 14.9. The van der Waals surface area contributed by atoms with Crippen molar-refractivity contribution in [3.05, 3.63) is 0 Å². The average Bonchev–Trinajstić information content (AvgIpc) is 3.09. The monoisotopic (exact) mass is 340 g/mol. The predicted octanol–water partition coefficient (Wildman–Crippen LogP) is -1.15. The molecule has 0 aromatic rings. The van der Waals surface area contributed by atoms with Gasteiger partial charge in [0.25, 0.3) is 0 Å². The SMILES string of the molecule is CNC1CC(C(=O)N2CC(N(C)CC(C)=O)CC2C(=O)O)N(C)C1. The summed E-state index contributed by atoms with van der Waals surface area (Å²) >= 11 is 0. The van der Waals surface area contributed by atoms with Crippen molar-refractivity contribution in [3.63, 3.8) is 0 Å². The van der Waals surface area contributed by atoms with Gasteiger partial charge in [-0.3, -0.25) is 19.4 Å².